The Morgan fingerprint density at radius 1 is 1.45 bits per heavy atom. The molecule has 5 heteroatoms. The fourth-order valence-corrected chi connectivity index (χ4v) is 2.91. The number of morpholine rings is 1. The largest absolute Gasteiger partial charge is 0.496 e. The van der Waals surface area contributed by atoms with Crippen LogP contribution in [0.1, 0.15) is 23.2 Å². The van der Waals surface area contributed by atoms with Crippen LogP contribution in [-0.4, -0.2) is 43.7 Å². The molecule has 4 nitrogen and oxygen atoms in total. The molecule has 0 unspecified atom stereocenters. The quantitative estimate of drug-likeness (QED) is 0.860. The average Bonchev–Trinajstić information content (AvgIpc) is 3.31. The van der Waals surface area contributed by atoms with Crippen molar-refractivity contribution in [3.8, 4) is 5.75 Å². The number of carbonyl (C=O) groups is 1. The number of rotatable bonds is 3. The lowest BCUT2D eigenvalue weighted by Gasteiger charge is -2.36. The Bertz CT molecular complexity index is 516. The smallest absolute Gasteiger partial charge is 0.258 e. The van der Waals surface area contributed by atoms with Gasteiger partial charge in [-0.2, -0.15) is 0 Å². The van der Waals surface area contributed by atoms with Crippen molar-refractivity contribution in [2.75, 3.05) is 26.9 Å². The van der Waals surface area contributed by atoms with E-state index in [0.29, 0.717) is 42.0 Å². The van der Waals surface area contributed by atoms with Crippen molar-refractivity contribution in [3.63, 3.8) is 0 Å². The highest BCUT2D eigenvalue weighted by Crippen LogP contribution is 2.37. The summed E-state index contributed by atoms with van der Waals surface area (Å²) in [6, 6.07) is 5.35. The lowest BCUT2D eigenvalue weighted by atomic mass is 10.1. The summed E-state index contributed by atoms with van der Waals surface area (Å²) >= 11 is 5.95. The second kappa shape index (κ2) is 5.62. The zero-order valence-electron chi connectivity index (χ0n) is 11.5. The van der Waals surface area contributed by atoms with E-state index in [2.05, 4.69) is 0 Å². The number of benzene rings is 1. The summed E-state index contributed by atoms with van der Waals surface area (Å²) in [4.78, 5) is 14.7. The Morgan fingerprint density at radius 2 is 2.25 bits per heavy atom. The number of methoxy groups -OCH3 is 1. The number of halogens is 1. The molecule has 0 N–H and O–H groups in total. The molecule has 1 atom stereocenters. The van der Waals surface area contributed by atoms with Crippen molar-refractivity contribution in [1.29, 1.82) is 0 Å². The highest BCUT2D eigenvalue weighted by molar-refractivity contribution is 6.30. The lowest BCUT2D eigenvalue weighted by Crippen LogP contribution is -2.49. The van der Waals surface area contributed by atoms with Crippen LogP contribution in [0, 0.1) is 5.92 Å². The Morgan fingerprint density at radius 3 is 2.95 bits per heavy atom. The van der Waals surface area contributed by atoms with Gasteiger partial charge in [-0.05, 0) is 37.0 Å². The van der Waals surface area contributed by atoms with Gasteiger partial charge in [0.15, 0.2) is 0 Å². The molecular weight excluding hydrogens is 278 g/mol. The first-order valence-electron chi connectivity index (χ1n) is 6.93. The van der Waals surface area contributed by atoms with Crippen molar-refractivity contribution in [2.45, 2.75) is 18.9 Å². The first kappa shape index (κ1) is 13.7. The topological polar surface area (TPSA) is 38.8 Å². The highest BCUT2D eigenvalue weighted by atomic mass is 35.5. The minimum absolute atomic E-state index is 0.0127. The Hall–Kier alpha value is -1.26. The van der Waals surface area contributed by atoms with Crippen LogP contribution in [0.4, 0.5) is 0 Å². The number of carbonyl (C=O) groups excluding carboxylic acids is 1. The van der Waals surface area contributed by atoms with Crippen LogP contribution in [0.2, 0.25) is 5.02 Å². The van der Waals surface area contributed by atoms with Crippen LogP contribution in [-0.2, 0) is 4.74 Å². The third-order valence-corrected chi connectivity index (χ3v) is 4.22. The Balaban J connectivity index is 1.86. The van der Waals surface area contributed by atoms with Gasteiger partial charge in [0.1, 0.15) is 5.75 Å². The van der Waals surface area contributed by atoms with E-state index in [1.807, 2.05) is 4.90 Å². The van der Waals surface area contributed by atoms with E-state index in [4.69, 9.17) is 21.1 Å². The van der Waals surface area contributed by atoms with Gasteiger partial charge in [-0.3, -0.25) is 4.79 Å². The van der Waals surface area contributed by atoms with Crippen molar-refractivity contribution in [1.82, 2.24) is 4.90 Å². The molecule has 1 aromatic rings. The van der Waals surface area contributed by atoms with Crippen LogP contribution in [0.5, 0.6) is 5.75 Å². The van der Waals surface area contributed by atoms with Crippen molar-refractivity contribution >= 4 is 17.5 Å². The van der Waals surface area contributed by atoms with Gasteiger partial charge in [0.05, 0.1) is 31.9 Å². The van der Waals surface area contributed by atoms with Crippen LogP contribution >= 0.6 is 11.6 Å². The zero-order valence-corrected chi connectivity index (χ0v) is 12.2. The second-order valence-electron chi connectivity index (χ2n) is 5.32. The summed E-state index contributed by atoms with van der Waals surface area (Å²) in [5, 5.41) is 0.569. The fraction of sp³-hybridized carbons (Fsp3) is 0.533. The minimum atomic E-state index is 0.0127. The Kier molecular flexibility index (Phi) is 3.85. The predicted octanol–water partition coefficient (Wildman–Crippen LogP) is 2.60. The fourth-order valence-electron chi connectivity index (χ4n) is 2.74. The molecule has 1 aromatic carbocycles. The number of ether oxygens (including phenoxy) is 2. The van der Waals surface area contributed by atoms with Crippen LogP contribution in [0.25, 0.3) is 0 Å². The molecule has 108 valence electrons. The lowest BCUT2D eigenvalue weighted by molar-refractivity contribution is -0.00847. The van der Waals surface area contributed by atoms with Gasteiger partial charge in [0.2, 0.25) is 0 Å². The molecule has 3 rings (SSSR count). The van der Waals surface area contributed by atoms with E-state index in [9.17, 15) is 4.79 Å². The predicted molar refractivity (Wildman–Crippen MR) is 76.4 cm³/mol. The molecule has 20 heavy (non-hydrogen) atoms. The molecule has 0 bridgehead atoms. The maximum atomic E-state index is 12.8. The van der Waals surface area contributed by atoms with Crippen molar-refractivity contribution in [2.24, 2.45) is 5.92 Å². The summed E-state index contributed by atoms with van der Waals surface area (Å²) in [6.07, 6.45) is 2.38. The molecule has 1 aliphatic carbocycles. The average molecular weight is 296 g/mol. The van der Waals surface area contributed by atoms with Gasteiger partial charge in [-0.15, -0.1) is 0 Å². The molecule has 1 saturated heterocycles. The van der Waals surface area contributed by atoms with Crippen LogP contribution < -0.4 is 4.74 Å². The molecule has 1 saturated carbocycles. The molecule has 1 aliphatic heterocycles. The summed E-state index contributed by atoms with van der Waals surface area (Å²) < 4.78 is 10.8. The molecule has 1 amide bonds. The number of hydrogen-bond donors (Lipinski definition) is 0. The van der Waals surface area contributed by atoms with E-state index in [1.165, 1.54) is 12.8 Å². The normalized spacial score (nSPS) is 22.7. The summed E-state index contributed by atoms with van der Waals surface area (Å²) in [5.41, 5.74) is 0.574. The number of amides is 1. The van der Waals surface area contributed by atoms with Crippen LogP contribution in [0.15, 0.2) is 18.2 Å². The molecule has 2 aliphatic rings. The van der Waals surface area contributed by atoms with E-state index in [-0.39, 0.29) is 11.9 Å². The summed E-state index contributed by atoms with van der Waals surface area (Å²) in [7, 11) is 1.56. The molecule has 2 fully saturated rings. The summed E-state index contributed by atoms with van der Waals surface area (Å²) in [5.74, 6) is 1.14. The SMILES string of the molecule is COc1cc(Cl)ccc1C(=O)N1CCOC[C@@H]1C1CC1. The third-order valence-electron chi connectivity index (χ3n) is 3.99. The third kappa shape index (κ3) is 2.63. The first-order chi connectivity index (χ1) is 9.70. The molecular formula is C15H18ClNO3. The van der Waals surface area contributed by atoms with Gasteiger partial charge >= 0.3 is 0 Å². The maximum Gasteiger partial charge on any atom is 0.258 e. The minimum Gasteiger partial charge on any atom is -0.496 e. The summed E-state index contributed by atoms with van der Waals surface area (Å²) in [6.45, 7) is 1.89. The van der Waals surface area contributed by atoms with Gasteiger partial charge in [0.25, 0.3) is 5.91 Å². The first-order valence-corrected chi connectivity index (χ1v) is 7.30. The standard InChI is InChI=1S/C15H18ClNO3/c1-19-14-8-11(16)4-5-12(14)15(18)17-6-7-20-9-13(17)10-2-3-10/h4-5,8,10,13H,2-3,6-7,9H2,1H3/t13-/m1/s1. The molecule has 1 heterocycles. The van der Waals surface area contributed by atoms with Gasteiger partial charge < -0.3 is 14.4 Å². The second-order valence-corrected chi connectivity index (χ2v) is 5.76. The van der Waals surface area contributed by atoms with E-state index < -0.39 is 0 Å². The molecule has 0 spiro atoms. The maximum absolute atomic E-state index is 12.8. The van der Waals surface area contributed by atoms with Gasteiger partial charge in [0, 0.05) is 11.6 Å². The molecule has 0 radical (unpaired) electrons. The molecule has 0 aromatic heterocycles. The van der Waals surface area contributed by atoms with E-state index in [1.54, 1.807) is 25.3 Å². The number of hydrogen-bond acceptors (Lipinski definition) is 3. The highest BCUT2D eigenvalue weighted by Gasteiger charge is 2.39. The van der Waals surface area contributed by atoms with Gasteiger partial charge in [-0.1, -0.05) is 11.6 Å². The van der Waals surface area contributed by atoms with Gasteiger partial charge in [-0.25, -0.2) is 0 Å². The monoisotopic (exact) mass is 295 g/mol. The van der Waals surface area contributed by atoms with E-state index >= 15 is 0 Å². The zero-order chi connectivity index (χ0) is 14.1. The number of nitrogens with zero attached hydrogens (tertiary/aromatic N) is 1. The van der Waals surface area contributed by atoms with Crippen molar-refractivity contribution < 1.29 is 14.3 Å². The van der Waals surface area contributed by atoms with Crippen LogP contribution in [0.3, 0.4) is 0 Å². The van der Waals surface area contributed by atoms with E-state index in [0.717, 1.165) is 0 Å². The Labute approximate surface area is 123 Å². The van der Waals surface area contributed by atoms with Crippen molar-refractivity contribution in [3.05, 3.63) is 28.8 Å².